The van der Waals surface area contributed by atoms with Crippen LogP contribution in [0, 0.1) is 0 Å². The Hall–Kier alpha value is -4.26. The van der Waals surface area contributed by atoms with Crippen molar-refractivity contribution in [3.8, 4) is 17.2 Å². The maximum atomic E-state index is 12.6. The van der Waals surface area contributed by atoms with Gasteiger partial charge < -0.3 is 29.6 Å². The molecule has 4 rings (SSSR count). The third kappa shape index (κ3) is 8.90. The molecule has 45 heavy (non-hydrogen) atoms. The first-order valence-electron chi connectivity index (χ1n) is 13.5. The number of carbonyl (C=O) groups is 3. The Labute approximate surface area is 278 Å². The zero-order valence-corrected chi connectivity index (χ0v) is 27.5. The Morgan fingerprint density at radius 1 is 1.04 bits per heavy atom. The predicted molar refractivity (Wildman–Crippen MR) is 173 cm³/mol. The van der Waals surface area contributed by atoms with Crippen LogP contribution in [-0.4, -0.2) is 44.4 Å². The Balaban J connectivity index is 1.35. The van der Waals surface area contributed by atoms with Gasteiger partial charge in [-0.25, -0.2) is 15.0 Å². The van der Waals surface area contributed by atoms with Crippen LogP contribution in [0.2, 0.25) is 10.0 Å². The van der Waals surface area contributed by atoms with E-state index in [0.717, 1.165) is 10.0 Å². The normalized spacial score (nSPS) is 14.4. The topological polar surface area (TPSA) is 137 Å². The number of carbonyl (C=O) groups excluding carboxylic acids is 3. The molecule has 0 saturated carbocycles. The lowest BCUT2D eigenvalue weighted by atomic mass is 9.95. The highest BCUT2D eigenvalue weighted by Crippen LogP contribution is 2.36. The highest BCUT2D eigenvalue weighted by atomic mass is 79.9. The number of nitrogens with zero attached hydrogens (tertiary/aromatic N) is 1. The first-order chi connectivity index (χ1) is 21.6. The molecule has 11 nitrogen and oxygen atoms in total. The number of methoxy groups -OCH3 is 1. The molecule has 14 heteroatoms. The van der Waals surface area contributed by atoms with E-state index in [0.29, 0.717) is 22.6 Å². The van der Waals surface area contributed by atoms with Gasteiger partial charge in [0.2, 0.25) is 0 Å². The number of esters is 1. The fraction of sp³-hybridized carbons (Fsp3) is 0.226. The van der Waals surface area contributed by atoms with Crippen LogP contribution in [0.1, 0.15) is 36.6 Å². The van der Waals surface area contributed by atoms with E-state index in [4.69, 9.17) is 42.1 Å². The number of hydrogen-bond acceptors (Lipinski definition) is 8. The summed E-state index contributed by atoms with van der Waals surface area (Å²) in [5.74, 6) is -0.227. The molecule has 3 N–H and O–H groups in total. The zero-order valence-electron chi connectivity index (χ0n) is 24.4. The van der Waals surface area contributed by atoms with E-state index in [1.807, 2.05) is 24.3 Å². The molecule has 3 amide bonds. The lowest BCUT2D eigenvalue weighted by Crippen LogP contribution is -2.45. The summed E-state index contributed by atoms with van der Waals surface area (Å²) in [4.78, 5) is 37.2. The van der Waals surface area contributed by atoms with Crippen LogP contribution < -0.4 is 30.3 Å². The minimum atomic E-state index is -0.785. The Kier molecular flexibility index (Phi) is 11.7. The monoisotopic (exact) mass is 718 g/mol. The van der Waals surface area contributed by atoms with Crippen LogP contribution >= 0.6 is 39.1 Å². The molecule has 0 aromatic heterocycles. The van der Waals surface area contributed by atoms with Crippen LogP contribution in [0.4, 0.5) is 4.79 Å². The second-order valence-corrected chi connectivity index (χ2v) is 11.2. The molecule has 1 heterocycles. The van der Waals surface area contributed by atoms with Gasteiger partial charge in [-0.2, -0.15) is 5.10 Å². The predicted octanol–water partition coefficient (Wildman–Crippen LogP) is 6.06. The molecule has 236 valence electrons. The summed E-state index contributed by atoms with van der Waals surface area (Å²) in [7, 11) is 1.43. The Morgan fingerprint density at radius 2 is 1.76 bits per heavy atom. The molecule has 0 fully saturated rings. The molecular weight excluding hydrogens is 691 g/mol. The second kappa shape index (κ2) is 15.6. The number of ether oxygens (including phenoxy) is 4. The summed E-state index contributed by atoms with van der Waals surface area (Å²) in [5, 5.41) is 9.83. The molecule has 3 aromatic rings. The van der Waals surface area contributed by atoms with Crippen LogP contribution in [0.15, 0.2) is 75.4 Å². The van der Waals surface area contributed by atoms with Crippen molar-refractivity contribution in [2.24, 2.45) is 5.10 Å². The van der Waals surface area contributed by atoms with Crippen molar-refractivity contribution in [3.63, 3.8) is 0 Å². The van der Waals surface area contributed by atoms with Gasteiger partial charge in [-0.3, -0.25) is 4.79 Å². The lowest BCUT2D eigenvalue weighted by Gasteiger charge is -2.28. The summed E-state index contributed by atoms with van der Waals surface area (Å²) in [6.45, 7) is 3.39. The van der Waals surface area contributed by atoms with E-state index in [9.17, 15) is 14.4 Å². The smallest absolute Gasteiger partial charge is 0.338 e. The summed E-state index contributed by atoms with van der Waals surface area (Å²) < 4.78 is 23.0. The summed E-state index contributed by atoms with van der Waals surface area (Å²) >= 11 is 16.2. The first kappa shape index (κ1) is 33.6. The van der Waals surface area contributed by atoms with Gasteiger partial charge in [-0.15, -0.1) is 0 Å². The lowest BCUT2D eigenvalue weighted by molar-refractivity contribution is -0.139. The number of benzene rings is 3. The van der Waals surface area contributed by atoms with Crippen molar-refractivity contribution in [2.45, 2.75) is 26.5 Å². The van der Waals surface area contributed by atoms with Gasteiger partial charge in [0.25, 0.3) is 5.91 Å². The number of nitrogens with one attached hydrogen (secondary N) is 3. The molecule has 0 spiro atoms. The third-order valence-electron chi connectivity index (χ3n) is 6.36. The van der Waals surface area contributed by atoms with Gasteiger partial charge in [-0.05, 0) is 66.9 Å². The van der Waals surface area contributed by atoms with Crippen LogP contribution in [0.3, 0.4) is 0 Å². The van der Waals surface area contributed by atoms with Crippen molar-refractivity contribution < 1.29 is 33.3 Å². The van der Waals surface area contributed by atoms with E-state index in [2.05, 4.69) is 37.1 Å². The van der Waals surface area contributed by atoms with Crippen molar-refractivity contribution in [3.05, 3.63) is 97.1 Å². The minimum absolute atomic E-state index is 0.176. The molecule has 0 radical (unpaired) electrons. The zero-order chi connectivity index (χ0) is 32.5. The number of hydrogen-bond donors (Lipinski definition) is 3. The molecule has 1 aliphatic rings. The molecule has 0 bridgehead atoms. The van der Waals surface area contributed by atoms with E-state index in [1.54, 1.807) is 44.2 Å². The molecule has 0 unspecified atom stereocenters. The maximum absolute atomic E-state index is 12.6. The minimum Gasteiger partial charge on any atom is -0.493 e. The van der Waals surface area contributed by atoms with E-state index < -0.39 is 23.9 Å². The van der Waals surface area contributed by atoms with Gasteiger partial charge in [0.1, 0.15) is 6.61 Å². The largest absolute Gasteiger partial charge is 0.493 e. The third-order valence-corrected chi connectivity index (χ3v) is 7.45. The van der Waals surface area contributed by atoms with Crippen molar-refractivity contribution in [1.82, 2.24) is 16.1 Å². The fourth-order valence-corrected chi connectivity index (χ4v) is 5.17. The SMILES string of the molecule is CCOC(=O)C1=C(C)NC(=O)N[C@@H]1c1ccc(OCC(=O)N/N=C\c2cc(Cl)c(OCc3ccc(Br)cc3)c(Cl)c2)c(OC)c1. The van der Waals surface area contributed by atoms with Crippen LogP contribution in [-0.2, 0) is 20.9 Å². The average molecular weight is 720 g/mol. The average Bonchev–Trinajstić information content (AvgIpc) is 3.00. The fourth-order valence-electron chi connectivity index (χ4n) is 4.29. The second-order valence-electron chi connectivity index (χ2n) is 9.51. The number of halogens is 3. The molecule has 1 atom stereocenters. The van der Waals surface area contributed by atoms with Crippen molar-refractivity contribution in [1.29, 1.82) is 0 Å². The molecule has 0 aliphatic carbocycles. The van der Waals surface area contributed by atoms with Gasteiger partial charge in [-0.1, -0.05) is 57.3 Å². The Morgan fingerprint density at radius 3 is 2.42 bits per heavy atom. The van der Waals surface area contributed by atoms with Crippen molar-refractivity contribution in [2.75, 3.05) is 20.3 Å². The maximum Gasteiger partial charge on any atom is 0.338 e. The van der Waals surface area contributed by atoms with Gasteiger partial charge >= 0.3 is 12.0 Å². The molecule has 0 saturated heterocycles. The number of hydrazone groups is 1. The van der Waals surface area contributed by atoms with Gasteiger partial charge in [0.15, 0.2) is 23.9 Å². The molecule has 1 aliphatic heterocycles. The Bertz CT molecular complexity index is 1620. The van der Waals surface area contributed by atoms with Crippen LogP contribution in [0.5, 0.6) is 17.2 Å². The number of amides is 3. The van der Waals surface area contributed by atoms with Crippen LogP contribution in [0.25, 0.3) is 0 Å². The summed E-state index contributed by atoms with van der Waals surface area (Å²) in [6.07, 6.45) is 1.38. The highest BCUT2D eigenvalue weighted by molar-refractivity contribution is 9.10. The number of rotatable bonds is 12. The van der Waals surface area contributed by atoms with E-state index in [1.165, 1.54) is 13.3 Å². The van der Waals surface area contributed by atoms with E-state index in [-0.39, 0.29) is 46.9 Å². The number of allylic oxidation sites excluding steroid dienone is 1. The summed E-state index contributed by atoms with van der Waals surface area (Å²) in [5.41, 5.74) is 5.05. The number of urea groups is 1. The highest BCUT2D eigenvalue weighted by Gasteiger charge is 2.32. The van der Waals surface area contributed by atoms with Gasteiger partial charge in [0.05, 0.1) is 41.6 Å². The van der Waals surface area contributed by atoms with E-state index >= 15 is 0 Å². The van der Waals surface area contributed by atoms with Crippen molar-refractivity contribution >= 4 is 63.3 Å². The quantitative estimate of drug-likeness (QED) is 0.118. The first-order valence-corrected chi connectivity index (χ1v) is 15.1. The molecule has 3 aromatic carbocycles. The van der Waals surface area contributed by atoms with Gasteiger partial charge in [0, 0.05) is 10.2 Å². The molecular formula is C31H29BrCl2N4O7. The summed E-state index contributed by atoms with van der Waals surface area (Å²) in [6, 6.07) is 14.5. The standard InChI is InChI=1S/C31H29BrCl2N4O7/c1-4-43-30(40)27-17(2)36-31(41)37-28(27)20-7-10-24(25(13-20)42-3)44-16-26(39)38-35-14-19-11-22(33)29(23(34)12-19)45-15-18-5-8-21(32)9-6-18/h5-14,28H,4,15-16H2,1-3H3,(H,38,39)(H2,36,37,41)/b35-14-/t28-/m1/s1.